The fourth-order valence-corrected chi connectivity index (χ4v) is 3.65. The molecule has 5 rings (SSSR count). The summed E-state index contributed by atoms with van der Waals surface area (Å²) in [6.45, 7) is 0. The molecule has 28 heavy (non-hydrogen) atoms. The van der Waals surface area contributed by atoms with Crippen molar-refractivity contribution in [3.63, 3.8) is 0 Å². The van der Waals surface area contributed by atoms with Gasteiger partial charge in [-0.15, -0.1) is 0 Å². The van der Waals surface area contributed by atoms with Crippen molar-refractivity contribution < 1.29 is 4.42 Å². The van der Waals surface area contributed by atoms with Gasteiger partial charge in [0.15, 0.2) is 5.58 Å². The van der Waals surface area contributed by atoms with Crippen molar-refractivity contribution in [3.8, 4) is 11.1 Å². The van der Waals surface area contributed by atoms with E-state index >= 15 is 0 Å². The first-order valence-corrected chi connectivity index (χ1v) is 9.44. The molecule has 0 radical (unpaired) electrons. The standard InChI is InChI=1S/C26H19NO/c1-4-10-19(11-5-1)22-16-17-24-23(18-22)27-26(28-24)25(20-12-6-2-7-13-20)21-14-8-3-9-15-21/h1-18,25H. The highest BCUT2D eigenvalue weighted by atomic mass is 16.3. The van der Waals surface area contributed by atoms with E-state index < -0.39 is 0 Å². The van der Waals surface area contributed by atoms with Gasteiger partial charge in [-0.2, -0.15) is 0 Å². The van der Waals surface area contributed by atoms with Crippen molar-refractivity contribution in [2.75, 3.05) is 0 Å². The molecule has 134 valence electrons. The smallest absolute Gasteiger partial charge is 0.207 e. The van der Waals surface area contributed by atoms with Crippen LogP contribution in [-0.2, 0) is 0 Å². The Kier molecular flexibility index (Phi) is 4.23. The number of benzene rings is 4. The van der Waals surface area contributed by atoms with E-state index in [1.165, 1.54) is 16.7 Å². The maximum atomic E-state index is 6.22. The summed E-state index contributed by atoms with van der Waals surface area (Å²) in [5.41, 5.74) is 6.35. The van der Waals surface area contributed by atoms with Gasteiger partial charge < -0.3 is 4.42 Å². The Morgan fingerprint density at radius 3 is 1.75 bits per heavy atom. The predicted molar refractivity (Wildman–Crippen MR) is 113 cm³/mol. The number of hydrogen-bond donors (Lipinski definition) is 0. The van der Waals surface area contributed by atoms with Crippen molar-refractivity contribution >= 4 is 11.1 Å². The molecular formula is C26H19NO. The van der Waals surface area contributed by atoms with Crippen LogP contribution in [0.2, 0.25) is 0 Å². The normalized spacial score (nSPS) is 11.2. The number of nitrogens with zero attached hydrogens (tertiary/aromatic N) is 1. The number of rotatable bonds is 4. The summed E-state index contributed by atoms with van der Waals surface area (Å²) >= 11 is 0. The Hall–Kier alpha value is -3.65. The Morgan fingerprint density at radius 2 is 1.14 bits per heavy atom. The largest absolute Gasteiger partial charge is 0.440 e. The maximum absolute atomic E-state index is 6.22. The van der Waals surface area contributed by atoms with Gasteiger partial charge in [-0.1, -0.05) is 97.1 Å². The van der Waals surface area contributed by atoms with Crippen molar-refractivity contribution in [2.24, 2.45) is 0 Å². The molecule has 4 aromatic carbocycles. The zero-order valence-corrected chi connectivity index (χ0v) is 15.3. The summed E-state index contributed by atoms with van der Waals surface area (Å²) < 4.78 is 6.22. The van der Waals surface area contributed by atoms with Crippen molar-refractivity contribution in [2.45, 2.75) is 5.92 Å². The molecule has 0 aliphatic carbocycles. The van der Waals surface area contributed by atoms with E-state index in [4.69, 9.17) is 9.40 Å². The van der Waals surface area contributed by atoms with Gasteiger partial charge in [0, 0.05) is 0 Å². The first-order chi connectivity index (χ1) is 13.9. The Bertz CT molecular complexity index is 1160. The lowest BCUT2D eigenvalue weighted by molar-refractivity contribution is 0.522. The van der Waals surface area contributed by atoms with Crippen LogP contribution in [0.15, 0.2) is 114 Å². The monoisotopic (exact) mass is 361 g/mol. The average Bonchev–Trinajstić information content (AvgIpc) is 3.19. The lowest BCUT2D eigenvalue weighted by atomic mass is 9.91. The number of hydrogen-bond acceptors (Lipinski definition) is 2. The van der Waals surface area contributed by atoms with Gasteiger partial charge in [-0.05, 0) is 34.4 Å². The number of aromatic nitrogens is 1. The molecule has 0 spiro atoms. The molecule has 2 nitrogen and oxygen atoms in total. The molecule has 0 amide bonds. The van der Waals surface area contributed by atoms with Crippen molar-refractivity contribution in [1.29, 1.82) is 0 Å². The molecule has 0 aliphatic rings. The van der Waals surface area contributed by atoms with Gasteiger partial charge in [0.2, 0.25) is 5.89 Å². The highest BCUT2D eigenvalue weighted by Crippen LogP contribution is 2.34. The average molecular weight is 361 g/mol. The molecule has 0 N–H and O–H groups in total. The van der Waals surface area contributed by atoms with Crippen molar-refractivity contribution in [1.82, 2.24) is 4.98 Å². The van der Waals surface area contributed by atoms with E-state index in [-0.39, 0.29) is 5.92 Å². The zero-order valence-electron chi connectivity index (χ0n) is 15.3. The fourth-order valence-electron chi connectivity index (χ4n) is 3.65. The lowest BCUT2D eigenvalue weighted by Crippen LogP contribution is -2.03. The minimum atomic E-state index is -0.0324. The third-order valence-corrected chi connectivity index (χ3v) is 5.02. The molecule has 1 heterocycles. The van der Waals surface area contributed by atoms with E-state index in [0.29, 0.717) is 0 Å². The summed E-state index contributed by atoms with van der Waals surface area (Å²) in [5, 5.41) is 0. The number of fused-ring (bicyclic) bond motifs is 1. The van der Waals surface area contributed by atoms with E-state index in [0.717, 1.165) is 22.6 Å². The molecule has 0 saturated heterocycles. The van der Waals surface area contributed by atoms with Gasteiger partial charge in [0.25, 0.3) is 0 Å². The second-order valence-corrected chi connectivity index (χ2v) is 6.86. The quantitative estimate of drug-likeness (QED) is 0.357. The predicted octanol–water partition coefficient (Wildman–Crippen LogP) is 6.68. The Labute approximate surface area is 164 Å². The van der Waals surface area contributed by atoms with Crippen LogP contribution in [0.4, 0.5) is 0 Å². The molecule has 0 aliphatic heterocycles. The fraction of sp³-hybridized carbons (Fsp3) is 0.0385. The Balaban J connectivity index is 1.63. The van der Waals surface area contributed by atoms with E-state index in [1.807, 2.05) is 24.3 Å². The highest BCUT2D eigenvalue weighted by molar-refractivity contribution is 5.80. The van der Waals surface area contributed by atoms with E-state index in [1.54, 1.807) is 0 Å². The van der Waals surface area contributed by atoms with Crippen LogP contribution in [0.5, 0.6) is 0 Å². The minimum Gasteiger partial charge on any atom is -0.440 e. The molecule has 0 unspecified atom stereocenters. The molecule has 0 fully saturated rings. The van der Waals surface area contributed by atoms with Gasteiger partial charge in [0.1, 0.15) is 5.52 Å². The third kappa shape index (κ3) is 3.10. The van der Waals surface area contributed by atoms with Crippen LogP contribution in [0.25, 0.3) is 22.2 Å². The van der Waals surface area contributed by atoms with Gasteiger partial charge >= 0.3 is 0 Å². The minimum absolute atomic E-state index is 0.0324. The molecular weight excluding hydrogens is 342 g/mol. The van der Waals surface area contributed by atoms with Gasteiger partial charge in [-0.25, -0.2) is 4.98 Å². The summed E-state index contributed by atoms with van der Waals surface area (Å²) in [7, 11) is 0. The van der Waals surface area contributed by atoms with Crippen LogP contribution in [0, 0.1) is 0 Å². The summed E-state index contributed by atoms with van der Waals surface area (Å²) in [4.78, 5) is 4.89. The SMILES string of the molecule is c1ccc(-c2ccc3oc(C(c4ccccc4)c4ccccc4)nc3c2)cc1. The van der Waals surface area contributed by atoms with Crippen LogP contribution >= 0.6 is 0 Å². The maximum Gasteiger partial charge on any atom is 0.207 e. The zero-order chi connectivity index (χ0) is 18.8. The number of oxazole rings is 1. The summed E-state index contributed by atoms with van der Waals surface area (Å²) in [6.07, 6.45) is 0. The van der Waals surface area contributed by atoms with Crippen LogP contribution in [0.1, 0.15) is 22.9 Å². The Morgan fingerprint density at radius 1 is 0.571 bits per heavy atom. The molecule has 2 heteroatoms. The second-order valence-electron chi connectivity index (χ2n) is 6.86. The highest BCUT2D eigenvalue weighted by Gasteiger charge is 2.22. The molecule has 0 atom stereocenters. The van der Waals surface area contributed by atoms with Crippen molar-refractivity contribution in [3.05, 3.63) is 126 Å². The molecule has 0 bridgehead atoms. The molecule has 1 aromatic heterocycles. The van der Waals surface area contributed by atoms with Gasteiger partial charge in [0.05, 0.1) is 5.92 Å². The third-order valence-electron chi connectivity index (χ3n) is 5.02. The topological polar surface area (TPSA) is 26.0 Å². The molecule has 0 saturated carbocycles. The molecule has 5 aromatic rings. The summed E-state index contributed by atoms with van der Waals surface area (Å²) in [6, 6.07) is 37.4. The summed E-state index contributed by atoms with van der Waals surface area (Å²) in [5.74, 6) is 0.688. The first kappa shape index (κ1) is 16.5. The van der Waals surface area contributed by atoms with Crippen LogP contribution in [0.3, 0.4) is 0 Å². The van der Waals surface area contributed by atoms with Gasteiger partial charge in [-0.3, -0.25) is 0 Å². The van der Waals surface area contributed by atoms with Crippen LogP contribution in [-0.4, -0.2) is 4.98 Å². The second kappa shape index (κ2) is 7.16. The van der Waals surface area contributed by atoms with E-state index in [9.17, 15) is 0 Å². The first-order valence-electron chi connectivity index (χ1n) is 9.44. The lowest BCUT2D eigenvalue weighted by Gasteiger charge is -2.14. The van der Waals surface area contributed by atoms with Crippen LogP contribution < -0.4 is 0 Å². The van der Waals surface area contributed by atoms with E-state index in [2.05, 4.69) is 84.9 Å².